The zero-order valence-corrected chi connectivity index (χ0v) is 11.9. The molecule has 1 N–H and O–H groups in total. The number of rotatable bonds is 2. The van der Waals surface area contributed by atoms with Crippen molar-refractivity contribution in [2.45, 2.75) is 50.7 Å². The zero-order chi connectivity index (χ0) is 13.3. The summed E-state index contributed by atoms with van der Waals surface area (Å²) in [6.07, 6.45) is 5.25. The van der Waals surface area contributed by atoms with Crippen molar-refractivity contribution in [3.05, 3.63) is 0 Å². The minimum Gasteiger partial charge on any atom is -0.390 e. The van der Waals surface area contributed by atoms with E-state index in [1.807, 2.05) is 6.92 Å². The van der Waals surface area contributed by atoms with Crippen LogP contribution in [0.15, 0.2) is 0 Å². The number of carbonyl (C=O) groups is 1. The first-order valence-electron chi connectivity index (χ1n) is 7.11. The van der Waals surface area contributed by atoms with Crippen LogP contribution in [0, 0.1) is 5.92 Å². The van der Waals surface area contributed by atoms with Gasteiger partial charge in [-0.2, -0.15) is 0 Å². The Labute approximate surface area is 110 Å². The predicted molar refractivity (Wildman–Crippen MR) is 71.3 cm³/mol. The molecule has 0 aromatic rings. The van der Waals surface area contributed by atoms with Crippen LogP contribution in [0.2, 0.25) is 0 Å². The maximum absolute atomic E-state index is 12.0. The Hall–Kier alpha value is -0.610. The molecule has 2 fully saturated rings. The number of aliphatic hydroxyl groups is 1. The summed E-state index contributed by atoms with van der Waals surface area (Å²) in [6, 6.07) is -0.0634. The Morgan fingerprint density at radius 3 is 2.78 bits per heavy atom. The summed E-state index contributed by atoms with van der Waals surface area (Å²) < 4.78 is 0. The van der Waals surface area contributed by atoms with Gasteiger partial charge in [0, 0.05) is 33.1 Å². The number of piperidine rings is 1. The molecule has 2 aliphatic rings. The van der Waals surface area contributed by atoms with E-state index in [4.69, 9.17) is 0 Å². The first-order chi connectivity index (χ1) is 8.44. The number of likely N-dealkylation sites (tertiary alicyclic amines) is 1. The average Bonchev–Trinajstić information content (AvgIpc) is 2.35. The fourth-order valence-corrected chi connectivity index (χ4v) is 3.48. The quantitative estimate of drug-likeness (QED) is 0.802. The molecule has 0 aromatic carbocycles. The molecule has 1 aliphatic heterocycles. The molecule has 4 nitrogen and oxygen atoms in total. The Morgan fingerprint density at radius 1 is 1.39 bits per heavy atom. The van der Waals surface area contributed by atoms with E-state index in [1.165, 1.54) is 6.42 Å². The Bertz CT molecular complexity index is 319. The van der Waals surface area contributed by atoms with Gasteiger partial charge in [0.05, 0.1) is 11.6 Å². The number of likely N-dealkylation sites (N-methyl/N-ethyl adjacent to an activating group) is 1. The SMILES string of the molecule is CC(C(=O)N(C)C)N1CCC2(O)CCCCC2C1. The number of fused-ring (bicyclic) bond motifs is 1. The number of nitrogens with zero attached hydrogens (tertiary/aromatic N) is 2. The van der Waals surface area contributed by atoms with Gasteiger partial charge in [-0.1, -0.05) is 12.8 Å². The summed E-state index contributed by atoms with van der Waals surface area (Å²) in [5.74, 6) is 0.522. The fraction of sp³-hybridized carbons (Fsp3) is 0.929. The monoisotopic (exact) mass is 254 g/mol. The van der Waals surface area contributed by atoms with Gasteiger partial charge in [-0.3, -0.25) is 9.69 Å². The van der Waals surface area contributed by atoms with Crippen molar-refractivity contribution in [3.63, 3.8) is 0 Å². The van der Waals surface area contributed by atoms with Crippen LogP contribution in [0.3, 0.4) is 0 Å². The average molecular weight is 254 g/mol. The van der Waals surface area contributed by atoms with Gasteiger partial charge in [0.1, 0.15) is 0 Å². The van der Waals surface area contributed by atoms with Gasteiger partial charge in [0.15, 0.2) is 0 Å². The Kier molecular flexibility index (Phi) is 3.97. The highest BCUT2D eigenvalue weighted by molar-refractivity contribution is 5.80. The molecule has 0 bridgehead atoms. The van der Waals surface area contributed by atoms with E-state index in [0.29, 0.717) is 5.92 Å². The van der Waals surface area contributed by atoms with E-state index in [-0.39, 0.29) is 11.9 Å². The molecule has 0 radical (unpaired) electrons. The second-order valence-electron chi connectivity index (χ2n) is 6.20. The molecule has 3 unspecified atom stereocenters. The van der Waals surface area contributed by atoms with Crippen molar-refractivity contribution in [2.24, 2.45) is 5.92 Å². The molecular formula is C14H26N2O2. The van der Waals surface area contributed by atoms with Gasteiger partial charge in [0.2, 0.25) is 5.91 Å². The second-order valence-corrected chi connectivity index (χ2v) is 6.20. The standard InChI is InChI=1S/C14H26N2O2/c1-11(13(17)15(2)3)16-9-8-14(18)7-5-4-6-12(14)10-16/h11-12,18H,4-10H2,1-3H3. The fourth-order valence-electron chi connectivity index (χ4n) is 3.48. The van der Waals surface area contributed by atoms with Crippen molar-refractivity contribution in [1.82, 2.24) is 9.80 Å². The number of hydrogen-bond acceptors (Lipinski definition) is 3. The normalized spacial score (nSPS) is 34.8. The lowest BCUT2D eigenvalue weighted by atomic mass is 9.71. The van der Waals surface area contributed by atoms with Crippen LogP contribution >= 0.6 is 0 Å². The largest absolute Gasteiger partial charge is 0.390 e. The van der Waals surface area contributed by atoms with Gasteiger partial charge in [0.25, 0.3) is 0 Å². The van der Waals surface area contributed by atoms with Crippen LogP contribution in [-0.2, 0) is 4.79 Å². The Morgan fingerprint density at radius 2 is 2.11 bits per heavy atom. The van der Waals surface area contributed by atoms with E-state index in [1.54, 1.807) is 19.0 Å². The third-order valence-corrected chi connectivity index (χ3v) is 4.80. The van der Waals surface area contributed by atoms with Crippen molar-refractivity contribution in [2.75, 3.05) is 27.2 Å². The van der Waals surface area contributed by atoms with Crippen LogP contribution in [0.4, 0.5) is 0 Å². The summed E-state index contributed by atoms with van der Waals surface area (Å²) in [7, 11) is 3.61. The number of amides is 1. The van der Waals surface area contributed by atoms with Gasteiger partial charge in [-0.05, 0) is 26.2 Å². The van der Waals surface area contributed by atoms with E-state index in [9.17, 15) is 9.90 Å². The molecule has 0 aromatic heterocycles. The van der Waals surface area contributed by atoms with Crippen molar-refractivity contribution >= 4 is 5.91 Å². The van der Waals surface area contributed by atoms with E-state index >= 15 is 0 Å². The van der Waals surface area contributed by atoms with Crippen LogP contribution in [0.5, 0.6) is 0 Å². The maximum Gasteiger partial charge on any atom is 0.239 e. The maximum atomic E-state index is 12.0. The lowest BCUT2D eigenvalue weighted by Gasteiger charge is -2.48. The van der Waals surface area contributed by atoms with Crippen LogP contribution in [0.1, 0.15) is 39.0 Å². The van der Waals surface area contributed by atoms with Gasteiger partial charge in [-0.15, -0.1) is 0 Å². The molecule has 104 valence electrons. The van der Waals surface area contributed by atoms with E-state index in [2.05, 4.69) is 4.90 Å². The van der Waals surface area contributed by atoms with Crippen molar-refractivity contribution in [3.8, 4) is 0 Å². The summed E-state index contributed by atoms with van der Waals surface area (Å²) in [5.41, 5.74) is -0.449. The molecule has 1 amide bonds. The van der Waals surface area contributed by atoms with Crippen molar-refractivity contribution < 1.29 is 9.90 Å². The summed E-state index contributed by atoms with van der Waals surface area (Å²) >= 11 is 0. The molecule has 3 atom stereocenters. The minimum atomic E-state index is -0.449. The molecule has 1 saturated carbocycles. The van der Waals surface area contributed by atoms with Crippen molar-refractivity contribution in [1.29, 1.82) is 0 Å². The highest BCUT2D eigenvalue weighted by Gasteiger charge is 2.44. The summed E-state index contributed by atoms with van der Waals surface area (Å²) in [5, 5.41) is 10.6. The summed E-state index contributed by atoms with van der Waals surface area (Å²) in [6.45, 7) is 3.69. The number of hydrogen-bond donors (Lipinski definition) is 1. The molecular weight excluding hydrogens is 228 g/mol. The highest BCUT2D eigenvalue weighted by Crippen LogP contribution is 2.40. The molecule has 1 heterocycles. The smallest absolute Gasteiger partial charge is 0.239 e. The lowest BCUT2D eigenvalue weighted by Crippen LogP contribution is -2.57. The van der Waals surface area contributed by atoms with Gasteiger partial charge in [-0.25, -0.2) is 0 Å². The third kappa shape index (κ3) is 2.54. The molecule has 1 saturated heterocycles. The van der Waals surface area contributed by atoms with Crippen LogP contribution in [-0.4, -0.2) is 59.6 Å². The van der Waals surface area contributed by atoms with Gasteiger partial charge >= 0.3 is 0 Å². The lowest BCUT2D eigenvalue weighted by molar-refractivity contribution is -0.140. The molecule has 18 heavy (non-hydrogen) atoms. The van der Waals surface area contributed by atoms with E-state index < -0.39 is 5.60 Å². The van der Waals surface area contributed by atoms with Crippen LogP contribution < -0.4 is 0 Å². The van der Waals surface area contributed by atoms with E-state index in [0.717, 1.165) is 38.8 Å². The first kappa shape index (κ1) is 13.8. The predicted octanol–water partition coefficient (Wildman–Crippen LogP) is 1.09. The zero-order valence-electron chi connectivity index (χ0n) is 11.9. The molecule has 2 rings (SSSR count). The molecule has 0 spiro atoms. The molecule has 1 aliphatic carbocycles. The minimum absolute atomic E-state index is 0.0634. The topological polar surface area (TPSA) is 43.8 Å². The van der Waals surface area contributed by atoms with Crippen LogP contribution in [0.25, 0.3) is 0 Å². The Balaban J connectivity index is 2.00. The highest BCUT2D eigenvalue weighted by atomic mass is 16.3. The first-order valence-corrected chi connectivity index (χ1v) is 7.11. The number of carbonyl (C=O) groups excluding carboxylic acids is 1. The third-order valence-electron chi connectivity index (χ3n) is 4.80. The summed E-state index contributed by atoms with van der Waals surface area (Å²) in [4.78, 5) is 15.9. The second kappa shape index (κ2) is 5.17. The van der Waals surface area contributed by atoms with Gasteiger partial charge < -0.3 is 10.0 Å². The molecule has 4 heteroatoms.